The van der Waals surface area contributed by atoms with E-state index >= 15 is 0 Å². The molecular weight excluding hydrogens is 248 g/mol. The van der Waals surface area contributed by atoms with E-state index < -0.39 is 5.97 Å². The van der Waals surface area contributed by atoms with Gasteiger partial charge in [0, 0.05) is 24.0 Å². The van der Waals surface area contributed by atoms with Crippen LogP contribution in [0.15, 0.2) is 17.5 Å². The van der Waals surface area contributed by atoms with Crippen molar-refractivity contribution in [3.63, 3.8) is 0 Å². The highest BCUT2D eigenvalue weighted by molar-refractivity contribution is 7.09. The summed E-state index contributed by atoms with van der Waals surface area (Å²) in [6.45, 7) is 3.94. The van der Waals surface area contributed by atoms with Gasteiger partial charge in [-0.2, -0.15) is 0 Å². The van der Waals surface area contributed by atoms with E-state index in [1.807, 2.05) is 6.07 Å². The second kappa shape index (κ2) is 6.87. The number of nitrogens with one attached hydrogen (secondary N) is 1. The van der Waals surface area contributed by atoms with E-state index in [1.54, 1.807) is 11.3 Å². The summed E-state index contributed by atoms with van der Waals surface area (Å²) in [5.74, 6) is -0.700. The van der Waals surface area contributed by atoms with Gasteiger partial charge in [0.2, 0.25) is 0 Å². The quantitative estimate of drug-likeness (QED) is 0.848. The number of carboxylic acids is 1. The molecule has 5 heteroatoms. The lowest BCUT2D eigenvalue weighted by Gasteiger charge is -2.29. The fourth-order valence-corrected chi connectivity index (χ4v) is 3.20. The fraction of sp³-hybridized carbons (Fsp3) is 0.615. The third kappa shape index (κ3) is 4.08. The minimum absolute atomic E-state index is 0.126. The number of carbonyl (C=O) groups is 1. The topological polar surface area (TPSA) is 52.6 Å². The Labute approximate surface area is 112 Å². The van der Waals surface area contributed by atoms with Crippen molar-refractivity contribution in [3.05, 3.63) is 22.4 Å². The van der Waals surface area contributed by atoms with Crippen molar-refractivity contribution in [3.8, 4) is 0 Å². The fourth-order valence-electron chi connectivity index (χ4n) is 2.42. The van der Waals surface area contributed by atoms with Crippen molar-refractivity contribution < 1.29 is 9.90 Å². The summed E-state index contributed by atoms with van der Waals surface area (Å²) in [6, 6.07) is 4.25. The van der Waals surface area contributed by atoms with Gasteiger partial charge in [-0.25, -0.2) is 0 Å². The molecule has 2 heterocycles. The van der Waals surface area contributed by atoms with E-state index in [0.29, 0.717) is 0 Å². The Bertz CT molecular complexity index is 359. The van der Waals surface area contributed by atoms with Gasteiger partial charge in [0.1, 0.15) is 0 Å². The lowest BCUT2D eigenvalue weighted by Crippen LogP contribution is -2.40. The largest absolute Gasteiger partial charge is 0.481 e. The third-order valence-corrected chi connectivity index (χ3v) is 4.22. The van der Waals surface area contributed by atoms with Crippen LogP contribution in [0.3, 0.4) is 0 Å². The Morgan fingerprint density at radius 1 is 1.50 bits per heavy atom. The number of aliphatic carboxylic acids is 1. The zero-order valence-corrected chi connectivity index (χ0v) is 11.3. The van der Waals surface area contributed by atoms with Crippen molar-refractivity contribution in [1.82, 2.24) is 10.2 Å². The van der Waals surface area contributed by atoms with Crippen molar-refractivity contribution >= 4 is 17.3 Å². The summed E-state index contributed by atoms with van der Waals surface area (Å²) in [6.07, 6.45) is 2.18. The lowest BCUT2D eigenvalue weighted by atomic mass is 10.1. The predicted octanol–water partition coefficient (Wildman–Crippen LogP) is 1.43. The van der Waals surface area contributed by atoms with Crippen LogP contribution in [-0.4, -0.2) is 48.2 Å². The standard InChI is InChI=1S/C13H20N2O2S/c16-13(17)10-11(9-12-3-1-8-18-12)15-6-2-4-14-5-7-15/h1,3,8,11,14H,2,4-7,9-10H2,(H,16,17). The molecule has 1 atom stereocenters. The molecule has 0 bridgehead atoms. The van der Waals surface area contributed by atoms with E-state index in [0.717, 1.165) is 39.0 Å². The smallest absolute Gasteiger partial charge is 0.304 e. The summed E-state index contributed by atoms with van der Waals surface area (Å²) in [5.41, 5.74) is 0. The molecule has 2 rings (SSSR count). The van der Waals surface area contributed by atoms with Crippen LogP contribution in [0.5, 0.6) is 0 Å². The van der Waals surface area contributed by atoms with Gasteiger partial charge in [-0.05, 0) is 37.4 Å². The first-order chi connectivity index (χ1) is 8.75. The van der Waals surface area contributed by atoms with Gasteiger partial charge < -0.3 is 10.4 Å². The van der Waals surface area contributed by atoms with Crippen LogP contribution in [0.25, 0.3) is 0 Å². The number of carboxylic acid groups (broad SMARTS) is 1. The van der Waals surface area contributed by atoms with Gasteiger partial charge in [-0.3, -0.25) is 9.69 Å². The number of rotatable bonds is 5. The van der Waals surface area contributed by atoms with Gasteiger partial charge in [0.15, 0.2) is 0 Å². The van der Waals surface area contributed by atoms with Crippen molar-refractivity contribution in [2.24, 2.45) is 0 Å². The molecule has 100 valence electrons. The highest BCUT2D eigenvalue weighted by atomic mass is 32.1. The van der Waals surface area contributed by atoms with Crippen molar-refractivity contribution in [1.29, 1.82) is 0 Å². The molecule has 1 unspecified atom stereocenters. The first-order valence-corrected chi connectivity index (χ1v) is 7.32. The molecule has 18 heavy (non-hydrogen) atoms. The summed E-state index contributed by atoms with van der Waals surface area (Å²) in [5, 5.41) is 14.5. The van der Waals surface area contributed by atoms with Crippen LogP contribution in [0.4, 0.5) is 0 Å². The van der Waals surface area contributed by atoms with Gasteiger partial charge in [0.25, 0.3) is 0 Å². The second-order valence-electron chi connectivity index (χ2n) is 4.67. The second-order valence-corrected chi connectivity index (χ2v) is 5.71. The molecule has 1 fully saturated rings. The average molecular weight is 268 g/mol. The maximum absolute atomic E-state index is 11.0. The Hall–Kier alpha value is -0.910. The Morgan fingerprint density at radius 2 is 2.39 bits per heavy atom. The number of hydrogen-bond acceptors (Lipinski definition) is 4. The minimum Gasteiger partial charge on any atom is -0.481 e. The average Bonchev–Trinajstić information content (AvgIpc) is 2.68. The van der Waals surface area contributed by atoms with Gasteiger partial charge >= 0.3 is 5.97 Å². The van der Waals surface area contributed by atoms with Gasteiger partial charge in [-0.1, -0.05) is 6.07 Å². The summed E-state index contributed by atoms with van der Waals surface area (Å²) < 4.78 is 0. The molecular formula is C13H20N2O2S. The molecule has 0 radical (unpaired) electrons. The molecule has 1 aliphatic rings. The Balaban J connectivity index is 2.00. The first-order valence-electron chi connectivity index (χ1n) is 6.44. The first kappa shape index (κ1) is 13.5. The van der Waals surface area contributed by atoms with Crippen molar-refractivity contribution in [2.45, 2.75) is 25.3 Å². The lowest BCUT2D eigenvalue weighted by molar-refractivity contribution is -0.138. The monoisotopic (exact) mass is 268 g/mol. The van der Waals surface area contributed by atoms with Crippen LogP contribution in [0.2, 0.25) is 0 Å². The molecule has 0 amide bonds. The number of hydrogen-bond donors (Lipinski definition) is 2. The Kier molecular flexibility index (Phi) is 5.16. The molecule has 2 N–H and O–H groups in total. The van der Waals surface area contributed by atoms with E-state index in [9.17, 15) is 4.79 Å². The zero-order chi connectivity index (χ0) is 12.8. The van der Waals surface area contributed by atoms with Crippen LogP contribution in [0.1, 0.15) is 17.7 Å². The molecule has 1 aliphatic heterocycles. The van der Waals surface area contributed by atoms with E-state index in [4.69, 9.17) is 5.11 Å². The highest BCUT2D eigenvalue weighted by Gasteiger charge is 2.22. The van der Waals surface area contributed by atoms with E-state index in [-0.39, 0.29) is 12.5 Å². The van der Waals surface area contributed by atoms with Crippen LogP contribution >= 0.6 is 11.3 Å². The molecule has 4 nitrogen and oxygen atoms in total. The predicted molar refractivity (Wildman–Crippen MR) is 73.1 cm³/mol. The zero-order valence-electron chi connectivity index (χ0n) is 10.5. The molecule has 1 aromatic rings. The van der Waals surface area contributed by atoms with Crippen molar-refractivity contribution in [2.75, 3.05) is 26.2 Å². The normalized spacial score (nSPS) is 19.3. The molecule has 1 aromatic heterocycles. The van der Waals surface area contributed by atoms with Crippen LogP contribution in [0, 0.1) is 0 Å². The Morgan fingerprint density at radius 3 is 3.11 bits per heavy atom. The molecule has 0 aliphatic carbocycles. The maximum Gasteiger partial charge on any atom is 0.304 e. The summed E-state index contributed by atoms with van der Waals surface area (Å²) >= 11 is 1.71. The van der Waals surface area contributed by atoms with E-state index in [1.165, 1.54) is 4.88 Å². The van der Waals surface area contributed by atoms with Crippen LogP contribution < -0.4 is 5.32 Å². The molecule has 1 saturated heterocycles. The molecule has 0 aromatic carbocycles. The number of thiophene rings is 1. The molecule has 0 saturated carbocycles. The molecule has 0 spiro atoms. The third-order valence-electron chi connectivity index (χ3n) is 3.32. The summed E-state index contributed by atoms with van der Waals surface area (Å²) in [4.78, 5) is 14.6. The van der Waals surface area contributed by atoms with Gasteiger partial charge in [0.05, 0.1) is 6.42 Å². The SMILES string of the molecule is O=C(O)CC(Cc1cccs1)N1CCCNCC1. The highest BCUT2D eigenvalue weighted by Crippen LogP contribution is 2.17. The van der Waals surface area contributed by atoms with Gasteiger partial charge in [-0.15, -0.1) is 11.3 Å². The minimum atomic E-state index is -0.700. The van der Waals surface area contributed by atoms with E-state index in [2.05, 4.69) is 21.7 Å². The maximum atomic E-state index is 11.0. The van der Waals surface area contributed by atoms with Crippen LogP contribution in [-0.2, 0) is 11.2 Å². The summed E-state index contributed by atoms with van der Waals surface area (Å²) in [7, 11) is 0. The number of nitrogens with zero attached hydrogens (tertiary/aromatic N) is 1.